The minimum Gasteiger partial charge on any atom is -0.481 e. The predicted octanol–water partition coefficient (Wildman–Crippen LogP) is 4.06. The van der Waals surface area contributed by atoms with E-state index in [0.29, 0.717) is 48.5 Å². The molecule has 2 saturated carbocycles. The highest BCUT2D eigenvalue weighted by Gasteiger charge is 2.61. The van der Waals surface area contributed by atoms with Gasteiger partial charge in [-0.15, -0.1) is 0 Å². The molecule has 4 aliphatic carbocycles. The molecule has 0 radical (unpaired) electrons. The number of hydrogen-bond donors (Lipinski definition) is 2. The van der Waals surface area contributed by atoms with Crippen LogP contribution >= 0.6 is 0 Å². The summed E-state index contributed by atoms with van der Waals surface area (Å²) < 4.78 is 0. The smallest absolute Gasteiger partial charge is 0.303 e. The normalized spacial score (nSPS) is 42.7. The van der Waals surface area contributed by atoms with Crippen molar-refractivity contribution in [2.24, 2.45) is 29.1 Å². The number of hydrogen-bond acceptors (Lipinski definition) is 3. The molecule has 0 bridgehead atoms. The van der Waals surface area contributed by atoms with Crippen molar-refractivity contribution in [1.29, 1.82) is 0 Å². The topological polar surface area (TPSA) is 74.6 Å². The average molecular weight is 370 g/mol. The summed E-state index contributed by atoms with van der Waals surface area (Å²) in [6.45, 7) is 6.24. The van der Waals surface area contributed by atoms with Crippen molar-refractivity contribution < 1.29 is 19.8 Å². The molecular formula is C23H30O4. The van der Waals surface area contributed by atoms with Crippen LogP contribution in [0, 0.1) is 29.1 Å². The van der Waals surface area contributed by atoms with Gasteiger partial charge in [0.1, 0.15) is 0 Å². The summed E-state index contributed by atoms with van der Waals surface area (Å²) in [5.74, 6) is 1.28. The Morgan fingerprint density at radius 2 is 2.04 bits per heavy atom. The van der Waals surface area contributed by atoms with E-state index in [4.69, 9.17) is 5.11 Å². The lowest BCUT2D eigenvalue weighted by Crippen LogP contribution is -2.51. The van der Waals surface area contributed by atoms with Crippen LogP contribution in [-0.2, 0) is 9.59 Å². The minimum atomic E-state index is -1.02. The molecule has 0 unspecified atom stereocenters. The van der Waals surface area contributed by atoms with Crippen LogP contribution in [0.3, 0.4) is 0 Å². The summed E-state index contributed by atoms with van der Waals surface area (Å²) in [6, 6.07) is 0. The van der Waals surface area contributed by atoms with Crippen molar-refractivity contribution in [2.75, 3.05) is 0 Å². The fourth-order valence-electron chi connectivity index (χ4n) is 6.63. The molecule has 0 aromatic rings. The van der Waals surface area contributed by atoms with Crippen molar-refractivity contribution in [3.63, 3.8) is 0 Å². The van der Waals surface area contributed by atoms with E-state index in [-0.39, 0.29) is 17.6 Å². The summed E-state index contributed by atoms with van der Waals surface area (Å²) >= 11 is 0. The number of aliphatic hydroxyl groups is 1. The van der Waals surface area contributed by atoms with Crippen molar-refractivity contribution in [3.8, 4) is 0 Å². The number of aliphatic carboxylic acids is 1. The van der Waals surface area contributed by atoms with Crippen LogP contribution in [0.15, 0.2) is 36.0 Å². The molecule has 0 spiro atoms. The molecular weight excluding hydrogens is 340 g/mol. The van der Waals surface area contributed by atoms with E-state index in [9.17, 15) is 14.7 Å². The van der Waals surface area contributed by atoms with Gasteiger partial charge in [0.25, 0.3) is 0 Å². The van der Waals surface area contributed by atoms with E-state index >= 15 is 0 Å². The molecule has 2 fully saturated rings. The first kappa shape index (κ1) is 18.7. The monoisotopic (exact) mass is 370 g/mol. The number of allylic oxidation sites excluding steroid dienone is 3. The lowest BCUT2D eigenvalue weighted by Gasteiger charge is -2.52. The molecule has 6 atom stereocenters. The maximum absolute atomic E-state index is 11.8. The van der Waals surface area contributed by atoms with Gasteiger partial charge in [-0.2, -0.15) is 0 Å². The third-order valence-corrected chi connectivity index (χ3v) is 8.14. The zero-order valence-corrected chi connectivity index (χ0v) is 16.1. The quantitative estimate of drug-likeness (QED) is 0.732. The van der Waals surface area contributed by atoms with Gasteiger partial charge in [0.2, 0.25) is 0 Å². The van der Waals surface area contributed by atoms with E-state index in [0.717, 1.165) is 25.7 Å². The van der Waals surface area contributed by atoms with E-state index in [1.54, 1.807) is 0 Å². The van der Waals surface area contributed by atoms with Crippen molar-refractivity contribution >= 4 is 11.8 Å². The number of rotatable bonds is 4. The number of carboxylic acid groups (broad SMARTS) is 1. The summed E-state index contributed by atoms with van der Waals surface area (Å²) in [4.78, 5) is 22.8. The fourth-order valence-corrected chi connectivity index (χ4v) is 6.63. The number of carbonyl (C=O) groups excluding carboxylic acids is 1. The number of carbonyl (C=O) groups is 2. The molecule has 27 heavy (non-hydrogen) atoms. The molecule has 0 heterocycles. The SMILES string of the molecule is C=C(CCC(=O)O)[C@]1(O)CC[C@H]2[C@@H]3CCC4=CC(=O)CC[C@@H]4[C@H]3C=C[C@@]21C. The van der Waals surface area contributed by atoms with Crippen LogP contribution in [0.5, 0.6) is 0 Å². The molecule has 146 valence electrons. The van der Waals surface area contributed by atoms with Gasteiger partial charge in [-0.25, -0.2) is 0 Å². The molecule has 4 aliphatic rings. The van der Waals surface area contributed by atoms with Crippen LogP contribution < -0.4 is 0 Å². The van der Waals surface area contributed by atoms with Crippen LogP contribution in [0.2, 0.25) is 0 Å². The molecule has 0 amide bonds. The summed E-state index contributed by atoms with van der Waals surface area (Å²) in [7, 11) is 0. The lowest BCUT2D eigenvalue weighted by atomic mass is 9.53. The molecule has 4 heteroatoms. The van der Waals surface area contributed by atoms with Crippen LogP contribution in [0.4, 0.5) is 0 Å². The Labute approximate surface area is 161 Å². The van der Waals surface area contributed by atoms with E-state index in [1.165, 1.54) is 5.57 Å². The lowest BCUT2D eigenvalue weighted by molar-refractivity contribution is -0.137. The second-order valence-electron chi connectivity index (χ2n) is 9.26. The Bertz CT molecular complexity index is 747. The molecule has 0 saturated heterocycles. The zero-order chi connectivity index (χ0) is 19.4. The second-order valence-corrected chi connectivity index (χ2v) is 9.26. The highest BCUT2D eigenvalue weighted by atomic mass is 16.4. The number of carboxylic acids is 1. The highest BCUT2D eigenvalue weighted by Crippen LogP contribution is 2.63. The molecule has 0 aromatic carbocycles. The van der Waals surface area contributed by atoms with Gasteiger partial charge in [0, 0.05) is 18.3 Å². The van der Waals surface area contributed by atoms with Crippen LogP contribution in [0.1, 0.15) is 58.3 Å². The molecule has 0 aliphatic heterocycles. The Morgan fingerprint density at radius 1 is 1.26 bits per heavy atom. The van der Waals surface area contributed by atoms with Crippen molar-refractivity contribution in [3.05, 3.63) is 36.0 Å². The Kier molecular flexibility index (Phi) is 4.45. The maximum Gasteiger partial charge on any atom is 0.303 e. The molecule has 0 aromatic heterocycles. The zero-order valence-electron chi connectivity index (χ0n) is 16.1. The predicted molar refractivity (Wildman–Crippen MR) is 103 cm³/mol. The highest BCUT2D eigenvalue weighted by molar-refractivity contribution is 5.91. The largest absolute Gasteiger partial charge is 0.481 e. The van der Waals surface area contributed by atoms with E-state index < -0.39 is 11.6 Å². The van der Waals surface area contributed by atoms with Crippen molar-refractivity contribution in [2.45, 2.75) is 63.9 Å². The summed E-state index contributed by atoms with van der Waals surface area (Å²) in [5, 5.41) is 20.6. The van der Waals surface area contributed by atoms with Gasteiger partial charge in [0.15, 0.2) is 5.78 Å². The summed E-state index contributed by atoms with van der Waals surface area (Å²) in [5.41, 5.74) is 0.598. The van der Waals surface area contributed by atoms with Gasteiger partial charge in [-0.05, 0) is 73.8 Å². The van der Waals surface area contributed by atoms with E-state index in [1.807, 2.05) is 6.08 Å². The Hall–Kier alpha value is -1.68. The Morgan fingerprint density at radius 3 is 2.78 bits per heavy atom. The maximum atomic E-state index is 11.8. The first-order chi connectivity index (χ1) is 12.8. The standard InChI is InChI=1S/C23H30O4/c1-14(3-8-21(25)26)23(27)12-10-20-19-6-4-15-13-16(24)5-7-17(15)18(19)9-11-22(20,23)2/h9,11,13,17-20,27H,1,3-8,10,12H2,2H3,(H,25,26)/t17-,18+,19+,20-,22-,23+/m0/s1. The molecule has 4 rings (SSSR count). The van der Waals surface area contributed by atoms with Crippen LogP contribution in [0.25, 0.3) is 0 Å². The van der Waals surface area contributed by atoms with Gasteiger partial charge in [0.05, 0.1) is 5.60 Å². The molecule has 2 N–H and O–H groups in total. The van der Waals surface area contributed by atoms with Crippen LogP contribution in [-0.4, -0.2) is 27.6 Å². The van der Waals surface area contributed by atoms with Gasteiger partial charge >= 0.3 is 5.97 Å². The van der Waals surface area contributed by atoms with E-state index in [2.05, 4.69) is 25.7 Å². The number of fused-ring (bicyclic) bond motifs is 5. The minimum absolute atomic E-state index is 0.0158. The molecule has 4 nitrogen and oxygen atoms in total. The van der Waals surface area contributed by atoms with Gasteiger partial charge in [-0.1, -0.05) is 31.2 Å². The Balaban J connectivity index is 1.62. The van der Waals surface area contributed by atoms with Gasteiger partial charge < -0.3 is 10.2 Å². The van der Waals surface area contributed by atoms with Crippen molar-refractivity contribution in [1.82, 2.24) is 0 Å². The first-order valence-electron chi connectivity index (χ1n) is 10.3. The number of ketones is 1. The average Bonchev–Trinajstić information content (AvgIpc) is 2.91. The third-order valence-electron chi connectivity index (χ3n) is 8.14. The summed E-state index contributed by atoms with van der Waals surface area (Å²) in [6.07, 6.45) is 12.0. The fraction of sp³-hybridized carbons (Fsp3) is 0.652. The van der Waals surface area contributed by atoms with Gasteiger partial charge in [-0.3, -0.25) is 9.59 Å². The third kappa shape index (κ3) is 2.75. The first-order valence-corrected chi connectivity index (χ1v) is 10.3. The second kappa shape index (κ2) is 6.44.